The highest BCUT2D eigenvalue weighted by Gasteiger charge is 2.41. The number of likely N-dealkylation sites (tertiary alicyclic amines) is 1. The number of esters is 1. The van der Waals surface area contributed by atoms with Crippen molar-refractivity contribution in [3.05, 3.63) is 0 Å². The first-order chi connectivity index (χ1) is 8.54. The van der Waals surface area contributed by atoms with Crippen LogP contribution in [-0.2, 0) is 19.1 Å². The number of methoxy groups -OCH3 is 1. The molecular weight excluding hydrogens is 236 g/mol. The van der Waals surface area contributed by atoms with E-state index in [1.165, 1.54) is 14.2 Å². The van der Waals surface area contributed by atoms with Gasteiger partial charge in [-0.3, -0.25) is 24.6 Å². The van der Waals surface area contributed by atoms with Crippen LogP contribution in [-0.4, -0.2) is 48.9 Å². The van der Waals surface area contributed by atoms with Gasteiger partial charge in [0.25, 0.3) is 0 Å². The average Bonchev–Trinajstić information content (AvgIpc) is 3.19. The SMILES string of the molecule is COC(=O)C(NC1CCC(=O)N(C)C1=O)C1CC1. The molecule has 2 amide bonds. The van der Waals surface area contributed by atoms with Crippen LogP contribution in [0.4, 0.5) is 0 Å². The summed E-state index contributed by atoms with van der Waals surface area (Å²) in [6, 6.07) is -0.886. The van der Waals surface area contributed by atoms with Crippen molar-refractivity contribution in [3.8, 4) is 0 Å². The Balaban J connectivity index is 2.01. The van der Waals surface area contributed by atoms with Gasteiger partial charge in [-0.05, 0) is 25.2 Å². The summed E-state index contributed by atoms with van der Waals surface area (Å²) in [6.07, 6.45) is 2.73. The van der Waals surface area contributed by atoms with Gasteiger partial charge in [0.05, 0.1) is 13.2 Å². The van der Waals surface area contributed by atoms with E-state index in [0.717, 1.165) is 17.7 Å². The molecule has 0 radical (unpaired) electrons. The van der Waals surface area contributed by atoms with Crippen LogP contribution in [0.3, 0.4) is 0 Å². The fourth-order valence-corrected chi connectivity index (χ4v) is 2.24. The molecule has 0 aromatic rings. The summed E-state index contributed by atoms with van der Waals surface area (Å²) in [4.78, 5) is 36.0. The molecule has 0 spiro atoms. The van der Waals surface area contributed by atoms with Gasteiger partial charge in [-0.1, -0.05) is 0 Å². The van der Waals surface area contributed by atoms with Gasteiger partial charge >= 0.3 is 5.97 Å². The van der Waals surface area contributed by atoms with Crippen molar-refractivity contribution < 1.29 is 19.1 Å². The molecule has 100 valence electrons. The molecule has 2 atom stereocenters. The normalized spacial score (nSPS) is 26.1. The first kappa shape index (κ1) is 13.0. The molecule has 1 saturated carbocycles. The highest BCUT2D eigenvalue weighted by molar-refractivity contribution is 6.00. The zero-order valence-electron chi connectivity index (χ0n) is 10.6. The maximum Gasteiger partial charge on any atom is 0.323 e. The lowest BCUT2D eigenvalue weighted by molar-refractivity contribution is -0.149. The number of imide groups is 1. The molecule has 2 rings (SSSR count). The highest BCUT2D eigenvalue weighted by Crippen LogP contribution is 2.33. The lowest BCUT2D eigenvalue weighted by atomic mass is 10.0. The average molecular weight is 254 g/mol. The van der Waals surface area contributed by atoms with Crippen molar-refractivity contribution in [2.45, 2.75) is 37.8 Å². The Morgan fingerprint density at radius 2 is 2.06 bits per heavy atom. The van der Waals surface area contributed by atoms with Gasteiger partial charge in [-0.15, -0.1) is 0 Å². The number of ether oxygens (including phenoxy) is 1. The summed E-state index contributed by atoms with van der Waals surface area (Å²) < 4.78 is 4.75. The minimum absolute atomic E-state index is 0.168. The van der Waals surface area contributed by atoms with E-state index in [1.54, 1.807) is 0 Å². The van der Waals surface area contributed by atoms with Crippen LogP contribution in [0.5, 0.6) is 0 Å². The fourth-order valence-electron chi connectivity index (χ4n) is 2.24. The zero-order chi connectivity index (χ0) is 13.3. The zero-order valence-corrected chi connectivity index (χ0v) is 10.6. The standard InChI is InChI=1S/C12H18N2O4/c1-14-9(15)6-5-8(11(14)16)13-10(7-3-4-7)12(17)18-2/h7-8,10,13H,3-6H2,1-2H3. The molecule has 1 aliphatic heterocycles. The molecule has 18 heavy (non-hydrogen) atoms. The number of carbonyl (C=O) groups is 3. The number of carbonyl (C=O) groups excluding carboxylic acids is 3. The maximum absolute atomic E-state index is 11.9. The van der Waals surface area contributed by atoms with Gasteiger partial charge in [-0.25, -0.2) is 0 Å². The third kappa shape index (κ3) is 2.53. The van der Waals surface area contributed by atoms with Crippen LogP contribution in [0.25, 0.3) is 0 Å². The lowest BCUT2D eigenvalue weighted by Gasteiger charge is -2.30. The Morgan fingerprint density at radius 1 is 1.39 bits per heavy atom. The molecule has 6 nitrogen and oxygen atoms in total. The van der Waals surface area contributed by atoms with E-state index < -0.39 is 12.1 Å². The number of hydrogen-bond donors (Lipinski definition) is 1. The number of nitrogens with one attached hydrogen (secondary N) is 1. The van der Waals surface area contributed by atoms with Crippen LogP contribution >= 0.6 is 0 Å². The van der Waals surface area contributed by atoms with Crippen LogP contribution in [0, 0.1) is 5.92 Å². The smallest absolute Gasteiger partial charge is 0.323 e. The van der Waals surface area contributed by atoms with E-state index in [2.05, 4.69) is 5.32 Å². The number of amides is 2. The van der Waals surface area contributed by atoms with Gasteiger partial charge in [0.15, 0.2) is 0 Å². The Labute approximate surface area is 106 Å². The summed E-state index contributed by atoms with van der Waals surface area (Å²) in [5, 5.41) is 3.05. The summed E-state index contributed by atoms with van der Waals surface area (Å²) in [6.45, 7) is 0. The molecule has 0 aromatic heterocycles. The number of nitrogens with zero attached hydrogens (tertiary/aromatic N) is 1. The van der Waals surface area contributed by atoms with Crippen LogP contribution in [0.15, 0.2) is 0 Å². The second kappa shape index (κ2) is 5.06. The van der Waals surface area contributed by atoms with Gasteiger partial charge < -0.3 is 4.74 Å². The third-order valence-corrected chi connectivity index (χ3v) is 3.58. The second-order valence-corrected chi connectivity index (χ2v) is 4.89. The first-order valence-corrected chi connectivity index (χ1v) is 6.19. The van der Waals surface area contributed by atoms with E-state index in [0.29, 0.717) is 12.8 Å². The minimum Gasteiger partial charge on any atom is -0.468 e. The fraction of sp³-hybridized carbons (Fsp3) is 0.750. The van der Waals surface area contributed by atoms with Crippen LogP contribution in [0.1, 0.15) is 25.7 Å². The number of rotatable bonds is 4. The largest absolute Gasteiger partial charge is 0.468 e. The van der Waals surface area contributed by atoms with Crippen LogP contribution < -0.4 is 5.32 Å². The number of likely N-dealkylation sites (N-methyl/N-ethyl adjacent to an activating group) is 1. The summed E-state index contributed by atoms with van der Waals surface area (Å²) in [7, 11) is 2.82. The molecule has 1 saturated heterocycles. The molecule has 2 fully saturated rings. The molecule has 6 heteroatoms. The predicted octanol–water partition coefficient (Wildman–Crippen LogP) is -0.325. The van der Waals surface area contributed by atoms with Crippen molar-refractivity contribution in [2.24, 2.45) is 5.92 Å². The lowest BCUT2D eigenvalue weighted by Crippen LogP contribution is -2.56. The van der Waals surface area contributed by atoms with E-state index in [9.17, 15) is 14.4 Å². The Morgan fingerprint density at radius 3 is 2.61 bits per heavy atom. The quantitative estimate of drug-likeness (QED) is 0.549. The molecule has 0 bridgehead atoms. The summed E-state index contributed by atoms with van der Waals surface area (Å²) in [5.74, 6) is -0.502. The van der Waals surface area contributed by atoms with E-state index in [4.69, 9.17) is 4.74 Å². The molecule has 2 unspecified atom stereocenters. The van der Waals surface area contributed by atoms with E-state index >= 15 is 0 Å². The third-order valence-electron chi connectivity index (χ3n) is 3.58. The highest BCUT2D eigenvalue weighted by atomic mass is 16.5. The molecular formula is C12H18N2O4. The van der Waals surface area contributed by atoms with Crippen molar-refractivity contribution in [1.82, 2.24) is 10.2 Å². The molecule has 1 N–H and O–H groups in total. The van der Waals surface area contributed by atoms with Crippen molar-refractivity contribution in [3.63, 3.8) is 0 Å². The molecule has 1 aliphatic carbocycles. The number of piperidine rings is 1. The Kier molecular flexibility index (Phi) is 3.65. The van der Waals surface area contributed by atoms with Crippen molar-refractivity contribution >= 4 is 17.8 Å². The topological polar surface area (TPSA) is 75.7 Å². The van der Waals surface area contributed by atoms with Crippen molar-refractivity contribution in [1.29, 1.82) is 0 Å². The van der Waals surface area contributed by atoms with Gasteiger partial charge in [0.1, 0.15) is 6.04 Å². The van der Waals surface area contributed by atoms with Gasteiger partial charge in [0, 0.05) is 13.5 Å². The van der Waals surface area contributed by atoms with Crippen molar-refractivity contribution in [2.75, 3.05) is 14.2 Å². The van der Waals surface area contributed by atoms with Gasteiger partial charge in [0.2, 0.25) is 11.8 Å². The van der Waals surface area contributed by atoms with E-state index in [1.807, 2.05) is 0 Å². The van der Waals surface area contributed by atoms with Gasteiger partial charge in [-0.2, -0.15) is 0 Å². The first-order valence-electron chi connectivity index (χ1n) is 6.19. The predicted molar refractivity (Wildman–Crippen MR) is 62.5 cm³/mol. The summed E-state index contributed by atoms with van der Waals surface area (Å²) >= 11 is 0. The summed E-state index contributed by atoms with van der Waals surface area (Å²) in [5.41, 5.74) is 0. The maximum atomic E-state index is 11.9. The Bertz CT molecular complexity index is 378. The number of hydrogen-bond acceptors (Lipinski definition) is 5. The molecule has 1 heterocycles. The minimum atomic E-state index is -0.461. The second-order valence-electron chi connectivity index (χ2n) is 4.89. The monoisotopic (exact) mass is 254 g/mol. The van der Waals surface area contributed by atoms with Crippen LogP contribution in [0.2, 0.25) is 0 Å². The van der Waals surface area contributed by atoms with E-state index in [-0.39, 0.29) is 23.7 Å². The molecule has 2 aliphatic rings. The molecule has 0 aromatic carbocycles. The Hall–Kier alpha value is -1.43.